The largest absolute Gasteiger partial charge is 0.345 e. The monoisotopic (exact) mass is 454 g/mol. The first-order valence-electron chi connectivity index (χ1n) is 10.6. The molecule has 8 heteroatoms. The minimum atomic E-state index is -0.140. The van der Waals surface area contributed by atoms with Crippen molar-refractivity contribution in [1.29, 1.82) is 0 Å². The number of nitrogens with zero attached hydrogens (tertiary/aromatic N) is 5. The van der Waals surface area contributed by atoms with Crippen LogP contribution in [0.2, 0.25) is 0 Å². The third kappa shape index (κ3) is 4.65. The number of fused-ring (bicyclic) bond motifs is 1. The van der Waals surface area contributed by atoms with Gasteiger partial charge in [0.15, 0.2) is 0 Å². The molecule has 2 aromatic carbocycles. The van der Waals surface area contributed by atoms with E-state index < -0.39 is 0 Å². The Labute approximate surface area is 195 Å². The molecule has 0 saturated carbocycles. The highest BCUT2D eigenvalue weighted by molar-refractivity contribution is 7.98. The average molecular weight is 455 g/mol. The molecular formula is C25H22N6OS. The summed E-state index contributed by atoms with van der Waals surface area (Å²) < 4.78 is 3.70. The molecule has 0 aliphatic heterocycles. The number of imidazole rings is 1. The van der Waals surface area contributed by atoms with E-state index in [1.165, 1.54) is 6.33 Å². The second-order valence-electron chi connectivity index (χ2n) is 7.61. The molecule has 7 nitrogen and oxygen atoms in total. The number of aromatic nitrogens is 5. The van der Waals surface area contributed by atoms with Gasteiger partial charge in [-0.1, -0.05) is 30.3 Å². The highest BCUT2D eigenvalue weighted by Gasteiger charge is 2.16. The van der Waals surface area contributed by atoms with Crippen molar-refractivity contribution in [3.63, 3.8) is 0 Å². The van der Waals surface area contributed by atoms with Crippen molar-refractivity contribution in [2.45, 2.75) is 23.6 Å². The molecule has 0 aliphatic carbocycles. The fourth-order valence-electron chi connectivity index (χ4n) is 3.60. The lowest BCUT2D eigenvalue weighted by Crippen LogP contribution is -2.27. The van der Waals surface area contributed by atoms with Crippen molar-refractivity contribution in [1.82, 2.24) is 29.5 Å². The molecular weight excluding hydrogens is 432 g/mol. The Morgan fingerprint density at radius 3 is 2.67 bits per heavy atom. The van der Waals surface area contributed by atoms with Gasteiger partial charge in [0.25, 0.3) is 5.91 Å². The number of nitrogens with one attached hydrogen (secondary N) is 1. The highest BCUT2D eigenvalue weighted by Crippen LogP contribution is 2.27. The van der Waals surface area contributed by atoms with E-state index in [1.807, 2.05) is 90.4 Å². The number of rotatable bonds is 7. The van der Waals surface area contributed by atoms with Gasteiger partial charge in [0.2, 0.25) is 0 Å². The molecule has 3 aromatic heterocycles. The van der Waals surface area contributed by atoms with E-state index in [2.05, 4.69) is 20.4 Å². The molecule has 0 bridgehead atoms. The van der Waals surface area contributed by atoms with Crippen LogP contribution >= 0.6 is 11.8 Å². The molecule has 0 radical (unpaired) electrons. The van der Waals surface area contributed by atoms with Gasteiger partial charge in [-0.05, 0) is 48.9 Å². The lowest BCUT2D eigenvalue weighted by Gasteiger charge is -2.16. The third-order valence-corrected chi connectivity index (χ3v) is 6.45. The summed E-state index contributed by atoms with van der Waals surface area (Å²) in [6.07, 6.45) is 7.16. The van der Waals surface area contributed by atoms with Gasteiger partial charge in [0.1, 0.15) is 18.3 Å². The molecule has 0 spiro atoms. The van der Waals surface area contributed by atoms with Crippen LogP contribution in [0.25, 0.3) is 11.3 Å². The van der Waals surface area contributed by atoms with E-state index in [1.54, 1.807) is 22.8 Å². The Kier molecular flexibility index (Phi) is 5.91. The predicted molar refractivity (Wildman–Crippen MR) is 128 cm³/mol. The SMILES string of the molecule is C[C@H](NC(=O)c1ccccc1SCc1cn2ccccc2n1)c1ccc(-n2cncn2)cc1. The Bertz CT molecular complexity index is 1340. The Morgan fingerprint density at radius 1 is 1.06 bits per heavy atom. The summed E-state index contributed by atoms with van der Waals surface area (Å²) in [5, 5.41) is 7.26. The Balaban J connectivity index is 1.26. The summed E-state index contributed by atoms with van der Waals surface area (Å²) in [6.45, 7) is 1.98. The number of carbonyl (C=O) groups is 1. The molecule has 1 amide bonds. The standard InChI is InChI=1S/C25H22N6OS/c1-18(19-9-11-21(12-10-19)31-17-26-16-27-31)28-25(32)22-6-2-3-7-23(22)33-15-20-14-30-13-5-4-8-24(30)29-20/h2-14,16-18H,15H2,1H3,(H,28,32)/t18-/m0/s1. The fraction of sp³-hybridized carbons (Fsp3) is 0.120. The number of pyridine rings is 1. The first-order valence-corrected chi connectivity index (χ1v) is 11.6. The smallest absolute Gasteiger partial charge is 0.252 e. The summed E-state index contributed by atoms with van der Waals surface area (Å²) in [5.74, 6) is 0.589. The maximum absolute atomic E-state index is 13.1. The van der Waals surface area contributed by atoms with E-state index in [-0.39, 0.29) is 11.9 Å². The summed E-state index contributed by atoms with van der Waals surface area (Å²) in [5.41, 5.74) is 4.49. The zero-order chi connectivity index (χ0) is 22.6. The van der Waals surface area contributed by atoms with Gasteiger partial charge in [0.05, 0.1) is 23.0 Å². The van der Waals surface area contributed by atoms with Gasteiger partial charge < -0.3 is 9.72 Å². The van der Waals surface area contributed by atoms with Crippen LogP contribution in [0.3, 0.4) is 0 Å². The van der Waals surface area contributed by atoms with E-state index in [0.717, 1.165) is 27.5 Å². The minimum Gasteiger partial charge on any atom is -0.345 e. The number of carbonyl (C=O) groups excluding carboxylic acids is 1. The van der Waals surface area contributed by atoms with Crippen LogP contribution in [-0.4, -0.2) is 30.1 Å². The summed E-state index contributed by atoms with van der Waals surface area (Å²) >= 11 is 1.61. The van der Waals surface area contributed by atoms with Crippen LogP contribution in [0, 0.1) is 0 Å². The van der Waals surface area contributed by atoms with Gasteiger partial charge >= 0.3 is 0 Å². The zero-order valence-corrected chi connectivity index (χ0v) is 18.8. The number of thioether (sulfide) groups is 1. The van der Waals surface area contributed by atoms with E-state index in [0.29, 0.717) is 11.3 Å². The van der Waals surface area contributed by atoms with Crippen LogP contribution < -0.4 is 5.32 Å². The van der Waals surface area contributed by atoms with Crippen LogP contribution in [-0.2, 0) is 5.75 Å². The van der Waals surface area contributed by atoms with Gasteiger partial charge in [-0.25, -0.2) is 14.6 Å². The molecule has 0 aliphatic rings. The lowest BCUT2D eigenvalue weighted by molar-refractivity contribution is 0.0937. The van der Waals surface area contributed by atoms with Crippen molar-refractivity contribution in [3.8, 4) is 5.69 Å². The summed E-state index contributed by atoms with van der Waals surface area (Å²) in [7, 11) is 0. The molecule has 0 saturated heterocycles. The molecule has 33 heavy (non-hydrogen) atoms. The second-order valence-corrected chi connectivity index (χ2v) is 8.63. The van der Waals surface area contributed by atoms with E-state index in [4.69, 9.17) is 0 Å². The normalized spacial score (nSPS) is 12.0. The number of benzene rings is 2. The van der Waals surface area contributed by atoms with Gasteiger partial charge in [0, 0.05) is 23.0 Å². The topological polar surface area (TPSA) is 77.1 Å². The van der Waals surface area contributed by atoms with E-state index in [9.17, 15) is 4.79 Å². The van der Waals surface area contributed by atoms with Crippen molar-refractivity contribution in [2.24, 2.45) is 0 Å². The maximum atomic E-state index is 13.1. The molecule has 3 heterocycles. The van der Waals surface area contributed by atoms with Crippen molar-refractivity contribution < 1.29 is 4.79 Å². The fourth-order valence-corrected chi connectivity index (χ4v) is 4.54. The van der Waals surface area contributed by atoms with Crippen LogP contribution in [0.4, 0.5) is 0 Å². The van der Waals surface area contributed by atoms with Crippen LogP contribution in [0.5, 0.6) is 0 Å². The molecule has 5 aromatic rings. The van der Waals surface area contributed by atoms with Gasteiger partial charge in [-0.15, -0.1) is 11.8 Å². The quantitative estimate of drug-likeness (QED) is 0.361. The Morgan fingerprint density at radius 2 is 1.88 bits per heavy atom. The number of hydrogen-bond donors (Lipinski definition) is 1. The van der Waals surface area contributed by atoms with E-state index >= 15 is 0 Å². The molecule has 5 rings (SSSR count). The highest BCUT2D eigenvalue weighted by atomic mass is 32.2. The molecule has 0 fully saturated rings. The first-order chi connectivity index (χ1) is 16.2. The Hall–Kier alpha value is -3.91. The molecule has 164 valence electrons. The van der Waals surface area contributed by atoms with Gasteiger partial charge in [-0.2, -0.15) is 5.10 Å². The zero-order valence-electron chi connectivity index (χ0n) is 18.0. The number of amides is 1. The second kappa shape index (κ2) is 9.30. The average Bonchev–Trinajstić information content (AvgIpc) is 3.53. The third-order valence-electron chi connectivity index (χ3n) is 5.35. The van der Waals surface area contributed by atoms with Crippen LogP contribution in [0.1, 0.15) is 34.6 Å². The maximum Gasteiger partial charge on any atom is 0.252 e. The number of hydrogen-bond acceptors (Lipinski definition) is 5. The summed E-state index contributed by atoms with van der Waals surface area (Å²) in [4.78, 5) is 22.6. The lowest BCUT2D eigenvalue weighted by atomic mass is 10.1. The van der Waals surface area contributed by atoms with Crippen molar-refractivity contribution in [2.75, 3.05) is 0 Å². The van der Waals surface area contributed by atoms with Crippen molar-refractivity contribution >= 4 is 23.3 Å². The first kappa shape index (κ1) is 21.0. The van der Waals surface area contributed by atoms with Gasteiger partial charge in [-0.3, -0.25) is 4.79 Å². The van der Waals surface area contributed by atoms with Crippen molar-refractivity contribution in [3.05, 3.63) is 109 Å². The molecule has 0 unspecified atom stereocenters. The molecule has 1 N–H and O–H groups in total. The molecule has 1 atom stereocenters. The predicted octanol–water partition coefficient (Wildman–Crippen LogP) is 4.70. The summed E-state index contributed by atoms with van der Waals surface area (Å²) in [6, 6.07) is 21.4. The minimum absolute atomic E-state index is 0.0963. The van der Waals surface area contributed by atoms with Crippen LogP contribution in [0.15, 0.2) is 96.7 Å².